The van der Waals surface area contributed by atoms with Crippen LogP contribution < -0.4 is 0 Å². The second-order valence-electron chi connectivity index (χ2n) is 5.76. The summed E-state index contributed by atoms with van der Waals surface area (Å²) >= 11 is 0. The van der Waals surface area contributed by atoms with Gasteiger partial charge in [-0.15, -0.1) is 0 Å². The number of piperidine rings is 1. The van der Waals surface area contributed by atoms with Gasteiger partial charge in [0.1, 0.15) is 0 Å². The summed E-state index contributed by atoms with van der Waals surface area (Å²) in [7, 11) is 0. The molecular formula is C15H29NO2. The average molecular weight is 255 g/mol. The molecule has 3 nitrogen and oxygen atoms in total. The van der Waals surface area contributed by atoms with Gasteiger partial charge in [-0.3, -0.25) is 4.79 Å². The van der Waals surface area contributed by atoms with E-state index in [4.69, 9.17) is 5.11 Å². The molecule has 1 aliphatic rings. The van der Waals surface area contributed by atoms with Crippen LogP contribution in [0.5, 0.6) is 0 Å². The zero-order valence-corrected chi connectivity index (χ0v) is 12.0. The maximum Gasteiger partial charge on any atom is 0.303 e. The summed E-state index contributed by atoms with van der Waals surface area (Å²) in [6.45, 7) is 6.92. The van der Waals surface area contributed by atoms with Crippen molar-refractivity contribution in [2.75, 3.05) is 13.1 Å². The van der Waals surface area contributed by atoms with E-state index in [2.05, 4.69) is 18.7 Å². The molecule has 3 heteroatoms. The molecule has 1 aliphatic heterocycles. The molecule has 18 heavy (non-hydrogen) atoms. The molecule has 0 aliphatic carbocycles. The first-order valence-electron chi connectivity index (χ1n) is 7.59. The van der Waals surface area contributed by atoms with Crippen LogP contribution in [0.2, 0.25) is 0 Å². The standard InChI is InChI=1S/C15H29NO2/c1-3-4-5-6-13(2)16-11-9-14(10-12-16)7-8-15(17)18/h13-14H,3-12H2,1-2H3,(H,17,18). The van der Waals surface area contributed by atoms with Crippen molar-refractivity contribution >= 4 is 5.97 Å². The van der Waals surface area contributed by atoms with Gasteiger partial charge in [0, 0.05) is 12.5 Å². The van der Waals surface area contributed by atoms with Crippen LogP contribution in [0, 0.1) is 5.92 Å². The molecule has 106 valence electrons. The van der Waals surface area contributed by atoms with E-state index < -0.39 is 5.97 Å². The Morgan fingerprint density at radius 1 is 1.33 bits per heavy atom. The Kier molecular flexibility index (Phi) is 7.33. The normalized spacial score (nSPS) is 19.9. The summed E-state index contributed by atoms with van der Waals surface area (Å²) in [5, 5.41) is 8.69. The van der Waals surface area contributed by atoms with E-state index in [-0.39, 0.29) is 0 Å². The molecule has 0 aromatic heterocycles. The highest BCUT2D eigenvalue weighted by Crippen LogP contribution is 2.24. The van der Waals surface area contributed by atoms with Crippen molar-refractivity contribution in [1.29, 1.82) is 0 Å². The van der Waals surface area contributed by atoms with Crippen molar-refractivity contribution in [3.8, 4) is 0 Å². The van der Waals surface area contributed by atoms with E-state index in [9.17, 15) is 4.79 Å². The van der Waals surface area contributed by atoms with Crippen molar-refractivity contribution in [1.82, 2.24) is 4.90 Å². The van der Waals surface area contributed by atoms with Crippen LogP contribution in [-0.4, -0.2) is 35.1 Å². The third kappa shape index (κ3) is 5.85. The number of carbonyl (C=O) groups is 1. The third-order valence-electron chi connectivity index (χ3n) is 4.26. The molecule has 0 amide bonds. The molecule has 1 unspecified atom stereocenters. The number of likely N-dealkylation sites (tertiary alicyclic amines) is 1. The molecule has 0 spiro atoms. The minimum Gasteiger partial charge on any atom is -0.481 e. The minimum absolute atomic E-state index is 0.344. The van der Waals surface area contributed by atoms with Gasteiger partial charge in [0.05, 0.1) is 0 Å². The first kappa shape index (κ1) is 15.5. The van der Waals surface area contributed by atoms with Gasteiger partial charge < -0.3 is 10.0 Å². The van der Waals surface area contributed by atoms with Crippen LogP contribution in [0.25, 0.3) is 0 Å². The van der Waals surface area contributed by atoms with Crippen molar-refractivity contribution in [2.45, 2.75) is 71.3 Å². The Hall–Kier alpha value is -0.570. The summed E-state index contributed by atoms with van der Waals surface area (Å²) in [5.74, 6) is -0.00875. The number of carboxylic acid groups (broad SMARTS) is 1. The molecule has 1 fully saturated rings. The summed E-state index contributed by atoms with van der Waals surface area (Å²) in [4.78, 5) is 13.1. The second kappa shape index (κ2) is 8.52. The Morgan fingerprint density at radius 3 is 2.56 bits per heavy atom. The van der Waals surface area contributed by atoms with Crippen LogP contribution in [0.1, 0.15) is 65.2 Å². The smallest absolute Gasteiger partial charge is 0.303 e. The highest BCUT2D eigenvalue weighted by Gasteiger charge is 2.22. The summed E-state index contributed by atoms with van der Waals surface area (Å²) in [6.07, 6.45) is 8.88. The number of aliphatic carboxylic acids is 1. The molecule has 0 aromatic rings. The van der Waals surface area contributed by atoms with E-state index in [1.165, 1.54) is 38.5 Å². The maximum atomic E-state index is 10.6. The van der Waals surface area contributed by atoms with E-state index in [1.807, 2.05) is 0 Å². The molecule has 1 saturated heterocycles. The minimum atomic E-state index is -0.648. The van der Waals surface area contributed by atoms with Crippen LogP contribution in [0.15, 0.2) is 0 Å². The molecule has 1 atom stereocenters. The fraction of sp³-hybridized carbons (Fsp3) is 0.933. The third-order valence-corrected chi connectivity index (χ3v) is 4.26. The van der Waals surface area contributed by atoms with Gasteiger partial charge in [-0.1, -0.05) is 26.2 Å². The van der Waals surface area contributed by atoms with Gasteiger partial charge in [0.2, 0.25) is 0 Å². The van der Waals surface area contributed by atoms with E-state index in [0.29, 0.717) is 18.4 Å². The monoisotopic (exact) mass is 255 g/mol. The van der Waals surface area contributed by atoms with Gasteiger partial charge in [0.15, 0.2) is 0 Å². The second-order valence-corrected chi connectivity index (χ2v) is 5.76. The van der Waals surface area contributed by atoms with Gasteiger partial charge in [-0.2, -0.15) is 0 Å². The number of nitrogens with zero attached hydrogens (tertiary/aromatic N) is 1. The highest BCUT2D eigenvalue weighted by molar-refractivity contribution is 5.66. The Morgan fingerprint density at radius 2 is 2.00 bits per heavy atom. The van der Waals surface area contributed by atoms with E-state index in [0.717, 1.165) is 19.5 Å². The number of carboxylic acids is 1. The largest absolute Gasteiger partial charge is 0.481 e. The summed E-state index contributed by atoms with van der Waals surface area (Å²) in [5.41, 5.74) is 0. The van der Waals surface area contributed by atoms with Crippen LogP contribution in [0.3, 0.4) is 0 Å². The van der Waals surface area contributed by atoms with Crippen molar-refractivity contribution in [2.24, 2.45) is 5.92 Å². The number of hydrogen-bond acceptors (Lipinski definition) is 2. The molecule has 1 N–H and O–H groups in total. The number of unbranched alkanes of at least 4 members (excludes halogenated alkanes) is 2. The Labute approximate surface area is 112 Å². The topological polar surface area (TPSA) is 40.5 Å². The van der Waals surface area contributed by atoms with E-state index in [1.54, 1.807) is 0 Å². The Balaban J connectivity index is 2.15. The molecule has 1 heterocycles. The zero-order valence-electron chi connectivity index (χ0n) is 12.0. The average Bonchev–Trinajstić information content (AvgIpc) is 2.37. The molecule has 0 radical (unpaired) electrons. The fourth-order valence-electron chi connectivity index (χ4n) is 2.88. The van der Waals surface area contributed by atoms with Gasteiger partial charge in [-0.05, 0) is 51.6 Å². The predicted octanol–water partition coefficient (Wildman–Crippen LogP) is 3.53. The van der Waals surface area contributed by atoms with Crippen molar-refractivity contribution < 1.29 is 9.90 Å². The van der Waals surface area contributed by atoms with Crippen LogP contribution in [-0.2, 0) is 4.79 Å². The van der Waals surface area contributed by atoms with Crippen molar-refractivity contribution in [3.05, 3.63) is 0 Å². The Bertz CT molecular complexity index is 235. The highest BCUT2D eigenvalue weighted by atomic mass is 16.4. The summed E-state index contributed by atoms with van der Waals surface area (Å²) in [6, 6.07) is 0.706. The number of rotatable bonds is 8. The molecule has 0 aromatic carbocycles. The lowest BCUT2D eigenvalue weighted by Crippen LogP contribution is -2.40. The predicted molar refractivity (Wildman–Crippen MR) is 74.8 cm³/mol. The summed E-state index contributed by atoms with van der Waals surface area (Å²) < 4.78 is 0. The van der Waals surface area contributed by atoms with E-state index >= 15 is 0 Å². The molecule has 0 saturated carbocycles. The lowest BCUT2D eigenvalue weighted by Gasteiger charge is -2.36. The zero-order chi connectivity index (χ0) is 13.4. The van der Waals surface area contributed by atoms with Crippen LogP contribution >= 0.6 is 0 Å². The molecule has 0 bridgehead atoms. The van der Waals surface area contributed by atoms with Crippen molar-refractivity contribution in [3.63, 3.8) is 0 Å². The molecule has 1 rings (SSSR count). The SMILES string of the molecule is CCCCCC(C)N1CCC(CCC(=O)O)CC1. The molecular weight excluding hydrogens is 226 g/mol. The lowest BCUT2D eigenvalue weighted by atomic mass is 9.91. The number of hydrogen-bond donors (Lipinski definition) is 1. The van der Waals surface area contributed by atoms with Gasteiger partial charge in [-0.25, -0.2) is 0 Å². The van der Waals surface area contributed by atoms with Gasteiger partial charge >= 0.3 is 5.97 Å². The maximum absolute atomic E-state index is 10.6. The fourth-order valence-corrected chi connectivity index (χ4v) is 2.88. The quantitative estimate of drug-likeness (QED) is 0.674. The first-order chi connectivity index (χ1) is 8.63. The lowest BCUT2D eigenvalue weighted by molar-refractivity contribution is -0.137. The van der Waals surface area contributed by atoms with Gasteiger partial charge in [0.25, 0.3) is 0 Å². The van der Waals surface area contributed by atoms with Crippen LogP contribution in [0.4, 0.5) is 0 Å². The first-order valence-corrected chi connectivity index (χ1v) is 7.59.